The Labute approximate surface area is 157 Å². The molecule has 25 heavy (non-hydrogen) atoms. The molecular weight excluding hydrogens is 348 g/mol. The number of aryl methyl sites for hydroxylation is 1. The fourth-order valence-electron chi connectivity index (χ4n) is 2.64. The fraction of sp³-hybridized carbons (Fsp3) is 0.300. The van der Waals surface area contributed by atoms with Gasteiger partial charge >= 0.3 is 0 Å². The van der Waals surface area contributed by atoms with Gasteiger partial charge in [-0.1, -0.05) is 36.4 Å². The zero-order valence-electron chi connectivity index (χ0n) is 14.7. The summed E-state index contributed by atoms with van der Waals surface area (Å²) >= 11 is 3.34. The van der Waals surface area contributed by atoms with Gasteiger partial charge in [0.15, 0.2) is 0 Å². The molecule has 1 unspecified atom stereocenters. The highest BCUT2D eigenvalue weighted by Crippen LogP contribution is 2.24. The molecule has 0 aliphatic carbocycles. The summed E-state index contributed by atoms with van der Waals surface area (Å²) < 4.78 is 1.17. The second-order valence-corrected chi connectivity index (χ2v) is 8.59. The number of thiazole rings is 1. The molecular formula is C20H22N2OS2. The lowest BCUT2D eigenvalue weighted by atomic mass is 10.1. The standard InChI is InChI=1S/C20H22N2OS2/c1-14-8-4-5-9-16(14)13-24-15(2)20(23)22(3)12-19-21-17-10-6-7-11-18(17)25-19/h4-11,15H,12-13H2,1-3H3. The van der Waals surface area contributed by atoms with E-state index in [2.05, 4.69) is 36.2 Å². The predicted octanol–water partition coefficient (Wildman–Crippen LogP) is 4.89. The van der Waals surface area contributed by atoms with Crippen molar-refractivity contribution in [3.05, 3.63) is 64.7 Å². The van der Waals surface area contributed by atoms with Gasteiger partial charge in [0.05, 0.1) is 22.0 Å². The van der Waals surface area contributed by atoms with E-state index in [-0.39, 0.29) is 11.2 Å². The van der Waals surface area contributed by atoms with Crippen molar-refractivity contribution in [2.24, 2.45) is 0 Å². The molecule has 0 bridgehead atoms. The Morgan fingerprint density at radius 3 is 2.68 bits per heavy atom. The summed E-state index contributed by atoms with van der Waals surface area (Å²) in [6.45, 7) is 4.66. The third-order valence-electron chi connectivity index (χ3n) is 4.18. The van der Waals surface area contributed by atoms with Crippen molar-refractivity contribution in [3.8, 4) is 0 Å². The highest BCUT2D eigenvalue weighted by molar-refractivity contribution is 7.99. The van der Waals surface area contributed by atoms with E-state index in [4.69, 9.17) is 0 Å². The van der Waals surface area contributed by atoms with Gasteiger partial charge in [0.2, 0.25) is 5.91 Å². The van der Waals surface area contributed by atoms with Gasteiger partial charge in [-0.25, -0.2) is 4.98 Å². The quantitative estimate of drug-likeness (QED) is 0.620. The number of nitrogens with zero attached hydrogens (tertiary/aromatic N) is 2. The SMILES string of the molecule is Cc1ccccc1CSC(C)C(=O)N(C)Cc1nc2ccccc2s1. The van der Waals surface area contributed by atoms with Crippen LogP contribution in [0.5, 0.6) is 0 Å². The smallest absolute Gasteiger partial charge is 0.235 e. The van der Waals surface area contributed by atoms with Crippen molar-refractivity contribution in [2.45, 2.75) is 31.4 Å². The van der Waals surface area contributed by atoms with Crippen molar-refractivity contribution in [1.82, 2.24) is 9.88 Å². The van der Waals surface area contributed by atoms with E-state index in [0.717, 1.165) is 16.3 Å². The Balaban J connectivity index is 1.58. The summed E-state index contributed by atoms with van der Waals surface area (Å²) in [6, 6.07) is 16.4. The van der Waals surface area contributed by atoms with E-state index < -0.39 is 0 Å². The molecule has 3 aromatic rings. The first-order valence-corrected chi connectivity index (χ1v) is 10.2. The lowest BCUT2D eigenvalue weighted by Gasteiger charge is -2.20. The maximum absolute atomic E-state index is 12.7. The van der Waals surface area contributed by atoms with Crippen LogP contribution in [0.15, 0.2) is 48.5 Å². The number of hydrogen-bond donors (Lipinski definition) is 0. The van der Waals surface area contributed by atoms with Crippen LogP contribution in [0.2, 0.25) is 0 Å². The van der Waals surface area contributed by atoms with Crippen LogP contribution in [-0.4, -0.2) is 28.1 Å². The third kappa shape index (κ3) is 4.41. The molecule has 3 nitrogen and oxygen atoms in total. The molecule has 0 aliphatic rings. The largest absolute Gasteiger partial charge is 0.338 e. The number of benzene rings is 2. The van der Waals surface area contributed by atoms with Gasteiger partial charge in [-0.05, 0) is 37.1 Å². The number of carbonyl (C=O) groups excluding carboxylic acids is 1. The first-order valence-electron chi connectivity index (χ1n) is 8.30. The molecule has 0 saturated carbocycles. The topological polar surface area (TPSA) is 33.2 Å². The summed E-state index contributed by atoms with van der Waals surface area (Å²) in [4.78, 5) is 19.1. The Morgan fingerprint density at radius 1 is 1.20 bits per heavy atom. The van der Waals surface area contributed by atoms with E-state index >= 15 is 0 Å². The van der Waals surface area contributed by atoms with Gasteiger partial charge in [0.1, 0.15) is 5.01 Å². The lowest BCUT2D eigenvalue weighted by Crippen LogP contribution is -2.32. The molecule has 3 rings (SSSR count). The molecule has 0 saturated heterocycles. The Kier molecular flexibility index (Phi) is 5.76. The highest BCUT2D eigenvalue weighted by atomic mass is 32.2. The van der Waals surface area contributed by atoms with Crippen LogP contribution >= 0.6 is 23.1 Å². The Bertz CT molecular complexity index is 842. The van der Waals surface area contributed by atoms with Gasteiger partial charge in [-0.3, -0.25) is 4.79 Å². The highest BCUT2D eigenvalue weighted by Gasteiger charge is 2.19. The van der Waals surface area contributed by atoms with Gasteiger partial charge in [-0.15, -0.1) is 23.1 Å². The lowest BCUT2D eigenvalue weighted by molar-refractivity contribution is -0.129. The number of fused-ring (bicyclic) bond motifs is 1. The third-order valence-corrected chi connectivity index (χ3v) is 6.39. The fourth-order valence-corrected chi connectivity index (χ4v) is 4.73. The molecule has 0 radical (unpaired) electrons. The summed E-state index contributed by atoms with van der Waals surface area (Å²) in [5, 5.41) is 0.909. The van der Waals surface area contributed by atoms with E-state index in [1.807, 2.05) is 38.2 Å². The van der Waals surface area contributed by atoms with Crippen LogP contribution in [-0.2, 0) is 17.1 Å². The Hall–Kier alpha value is -1.85. The number of amides is 1. The van der Waals surface area contributed by atoms with Gasteiger partial charge in [0.25, 0.3) is 0 Å². The molecule has 1 aromatic heterocycles. The van der Waals surface area contributed by atoms with Gasteiger partial charge in [-0.2, -0.15) is 0 Å². The normalized spacial score (nSPS) is 12.3. The number of rotatable bonds is 6. The summed E-state index contributed by atoms with van der Waals surface area (Å²) in [5.41, 5.74) is 3.57. The molecule has 1 atom stereocenters. The molecule has 2 aromatic carbocycles. The van der Waals surface area contributed by atoms with Crippen molar-refractivity contribution in [1.29, 1.82) is 0 Å². The monoisotopic (exact) mass is 370 g/mol. The Morgan fingerprint density at radius 2 is 1.92 bits per heavy atom. The minimum Gasteiger partial charge on any atom is -0.338 e. The van der Waals surface area contributed by atoms with E-state index in [0.29, 0.717) is 6.54 Å². The molecule has 1 heterocycles. The van der Waals surface area contributed by atoms with E-state index in [1.54, 1.807) is 28.0 Å². The van der Waals surface area contributed by atoms with Crippen LogP contribution in [0.25, 0.3) is 10.2 Å². The zero-order valence-corrected chi connectivity index (χ0v) is 16.4. The molecule has 1 amide bonds. The molecule has 0 fully saturated rings. The first kappa shape index (κ1) is 18.0. The minimum atomic E-state index is -0.0704. The molecule has 0 spiro atoms. The number of carbonyl (C=O) groups is 1. The van der Waals surface area contributed by atoms with E-state index in [1.165, 1.54) is 15.8 Å². The second kappa shape index (κ2) is 8.02. The number of hydrogen-bond acceptors (Lipinski definition) is 4. The predicted molar refractivity (Wildman–Crippen MR) is 108 cm³/mol. The molecule has 0 aliphatic heterocycles. The maximum atomic E-state index is 12.7. The van der Waals surface area contributed by atoms with Crippen molar-refractivity contribution < 1.29 is 4.79 Å². The van der Waals surface area contributed by atoms with Crippen LogP contribution in [0, 0.1) is 6.92 Å². The van der Waals surface area contributed by atoms with Crippen molar-refractivity contribution in [3.63, 3.8) is 0 Å². The second-order valence-electron chi connectivity index (χ2n) is 6.15. The van der Waals surface area contributed by atoms with Crippen LogP contribution in [0.1, 0.15) is 23.1 Å². The van der Waals surface area contributed by atoms with Crippen LogP contribution in [0.3, 0.4) is 0 Å². The minimum absolute atomic E-state index is 0.0704. The van der Waals surface area contributed by atoms with Gasteiger partial charge in [0, 0.05) is 12.8 Å². The summed E-state index contributed by atoms with van der Waals surface area (Å²) in [6.07, 6.45) is 0. The van der Waals surface area contributed by atoms with Crippen molar-refractivity contribution in [2.75, 3.05) is 7.05 Å². The number of para-hydroxylation sites is 1. The average Bonchev–Trinajstić information content (AvgIpc) is 3.02. The summed E-state index contributed by atoms with van der Waals surface area (Å²) in [5.74, 6) is 1.01. The first-order chi connectivity index (χ1) is 12.0. The molecule has 5 heteroatoms. The zero-order chi connectivity index (χ0) is 17.8. The van der Waals surface area contributed by atoms with Crippen molar-refractivity contribution >= 4 is 39.2 Å². The number of aromatic nitrogens is 1. The van der Waals surface area contributed by atoms with E-state index in [9.17, 15) is 4.79 Å². The molecule has 0 N–H and O–H groups in total. The summed E-state index contributed by atoms with van der Waals surface area (Å²) in [7, 11) is 1.86. The van der Waals surface area contributed by atoms with Crippen LogP contribution < -0.4 is 0 Å². The van der Waals surface area contributed by atoms with Crippen LogP contribution in [0.4, 0.5) is 0 Å². The molecule has 130 valence electrons. The average molecular weight is 371 g/mol. The maximum Gasteiger partial charge on any atom is 0.235 e. The number of thioether (sulfide) groups is 1. The van der Waals surface area contributed by atoms with Gasteiger partial charge < -0.3 is 4.90 Å².